The lowest BCUT2D eigenvalue weighted by Crippen LogP contribution is -2.47. The van der Waals surface area contributed by atoms with Gasteiger partial charge in [-0.3, -0.25) is 29.5 Å². The van der Waals surface area contributed by atoms with Gasteiger partial charge >= 0.3 is 5.51 Å². The molecule has 0 aromatic heterocycles. The number of piperidine rings is 1. The summed E-state index contributed by atoms with van der Waals surface area (Å²) in [5.41, 5.74) is -0.215. The topological polar surface area (TPSA) is 169 Å². The number of hydrogen-bond acceptors (Lipinski definition) is 13. The summed E-state index contributed by atoms with van der Waals surface area (Å²) in [6, 6.07) is 29.9. The van der Waals surface area contributed by atoms with E-state index in [1.165, 1.54) is 46.7 Å². The molecule has 432 valence electrons. The van der Waals surface area contributed by atoms with E-state index in [0.717, 1.165) is 61.6 Å². The Morgan fingerprint density at radius 1 is 0.802 bits per heavy atom. The zero-order valence-corrected chi connectivity index (χ0v) is 48.3. The van der Waals surface area contributed by atoms with Gasteiger partial charge in [-0.2, -0.15) is 13.2 Å². The van der Waals surface area contributed by atoms with Crippen LogP contribution in [0.2, 0.25) is 5.02 Å². The molecule has 0 spiro atoms. The molecule has 3 fully saturated rings. The number of rotatable bonds is 19. The number of imide groups is 1. The van der Waals surface area contributed by atoms with E-state index >= 15 is 4.39 Å². The molecule has 5 aromatic carbocycles. The maximum atomic E-state index is 15.1. The van der Waals surface area contributed by atoms with Crippen molar-refractivity contribution in [3.63, 3.8) is 0 Å². The molecule has 9 rings (SSSR count). The quantitative estimate of drug-likeness (QED) is 0.0406. The van der Waals surface area contributed by atoms with Crippen molar-refractivity contribution in [1.29, 1.82) is 0 Å². The van der Waals surface area contributed by atoms with Crippen molar-refractivity contribution in [2.24, 2.45) is 5.41 Å². The number of nitrogens with one attached hydrogen (secondary N) is 3. The first-order valence-corrected chi connectivity index (χ1v) is 31.4. The maximum Gasteiger partial charge on any atom is 0.501 e. The van der Waals surface area contributed by atoms with Crippen LogP contribution in [0.3, 0.4) is 0 Å². The molecule has 2 atom stereocenters. The van der Waals surface area contributed by atoms with Crippen LogP contribution >= 0.6 is 23.4 Å². The summed E-state index contributed by atoms with van der Waals surface area (Å²) in [5, 5.41) is 6.06. The standard InChI is InChI=1S/C59H66ClF4N7O7S3/c1-58(2)24-22-50(40-8-13-45(60)14-9-40)44(36-58)38-70-30-32-71(33-31-70)47-15-10-41(11-16-47)56(73)67-81(77,78)49-17-20-53(54(35-49)80(75,76)59(62,63)64)65-46(39-79-48-6-4-3-5-7-48)23-25-68-26-28-69(29-27-68)37-43-34-42(12-19-52(43)61)51-18-21-55(72)66-57(51)74/h3-17,19-20,34-35,46,51,65H,18,21-33,36-39H2,1-2H3,(H,67,73)(H,66,72,74)/t46-,51?/m1/s1. The van der Waals surface area contributed by atoms with Crippen molar-refractivity contribution in [2.45, 2.75) is 91.1 Å². The number of benzene rings is 5. The Kier molecular flexibility index (Phi) is 18.7. The Labute approximate surface area is 480 Å². The minimum Gasteiger partial charge on any atom is -0.380 e. The molecule has 3 aliphatic heterocycles. The molecule has 81 heavy (non-hydrogen) atoms. The van der Waals surface area contributed by atoms with E-state index in [1.54, 1.807) is 24.3 Å². The normalized spacial score (nSPS) is 19.3. The average molecular weight is 1190 g/mol. The highest BCUT2D eigenvalue weighted by molar-refractivity contribution is 7.99. The highest BCUT2D eigenvalue weighted by Crippen LogP contribution is 2.43. The number of thioether (sulfide) groups is 1. The van der Waals surface area contributed by atoms with Crippen LogP contribution in [-0.4, -0.2) is 132 Å². The lowest BCUT2D eigenvalue weighted by atomic mass is 9.73. The molecule has 4 aliphatic rings. The van der Waals surface area contributed by atoms with Crippen molar-refractivity contribution < 1.29 is 48.8 Å². The smallest absolute Gasteiger partial charge is 0.380 e. The van der Waals surface area contributed by atoms with Crippen molar-refractivity contribution in [3.8, 4) is 0 Å². The molecule has 3 saturated heterocycles. The minimum atomic E-state index is -6.15. The Bertz CT molecular complexity index is 3360. The van der Waals surface area contributed by atoms with Crippen LogP contribution in [-0.2, 0) is 36.0 Å². The highest BCUT2D eigenvalue weighted by Gasteiger charge is 2.48. The second-order valence-corrected chi connectivity index (χ2v) is 27.1. The number of piperazine rings is 2. The van der Waals surface area contributed by atoms with E-state index in [-0.39, 0.29) is 35.6 Å². The molecule has 3 amide bonds. The largest absolute Gasteiger partial charge is 0.501 e. The molecule has 0 saturated carbocycles. The number of sulfone groups is 1. The van der Waals surface area contributed by atoms with Crippen LogP contribution in [0.15, 0.2) is 136 Å². The molecule has 5 aromatic rings. The van der Waals surface area contributed by atoms with Crippen LogP contribution in [0, 0.1) is 11.2 Å². The lowest BCUT2D eigenvalue weighted by molar-refractivity contribution is -0.134. The second-order valence-electron chi connectivity index (χ2n) is 22.0. The number of hydrogen-bond donors (Lipinski definition) is 3. The predicted octanol–water partition coefficient (Wildman–Crippen LogP) is 9.98. The monoisotopic (exact) mass is 1190 g/mol. The third kappa shape index (κ3) is 15.1. The number of amides is 3. The molecule has 22 heteroatoms. The predicted molar refractivity (Wildman–Crippen MR) is 308 cm³/mol. The van der Waals surface area contributed by atoms with Gasteiger partial charge in [0.15, 0.2) is 0 Å². The molecule has 3 heterocycles. The van der Waals surface area contributed by atoms with E-state index in [0.29, 0.717) is 80.9 Å². The van der Waals surface area contributed by atoms with Gasteiger partial charge in [0.2, 0.25) is 11.8 Å². The molecule has 1 aliphatic carbocycles. The van der Waals surface area contributed by atoms with Gasteiger partial charge in [-0.15, -0.1) is 11.8 Å². The Balaban J connectivity index is 0.837. The average Bonchev–Trinajstić information content (AvgIpc) is 3.54. The summed E-state index contributed by atoms with van der Waals surface area (Å²) < 4.78 is 115. The first kappa shape index (κ1) is 59.8. The van der Waals surface area contributed by atoms with Crippen molar-refractivity contribution in [3.05, 3.63) is 154 Å². The van der Waals surface area contributed by atoms with Gasteiger partial charge in [-0.05, 0) is 127 Å². The first-order valence-electron chi connectivity index (χ1n) is 27.1. The molecule has 0 bridgehead atoms. The molecule has 0 radical (unpaired) electrons. The van der Waals surface area contributed by atoms with Crippen molar-refractivity contribution in [1.82, 2.24) is 24.7 Å². The maximum absolute atomic E-state index is 15.1. The minimum absolute atomic E-state index is 0.0325. The summed E-state index contributed by atoms with van der Waals surface area (Å²) in [6.07, 6.45) is 3.97. The fraction of sp³-hybridized carbons (Fsp3) is 0.407. The molecular formula is C59H66ClF4N7O7S3. The molecule has 1 unspecified atom stereocenters. The fourth-order valence-corrected chi connectivity index (χ4v) is 14.2. The van der Waals surface area contributed by atoms with Crippen molar-refractivity contribution >= 4 is 77.9 Å². The van der Waals surface area contributed by atoms with Gasteiger partial charge in [-0.25, -0.2) is 25.9 Å². The van der Waals surface area contributed by atoms with Crippen LogP contribution in [0.25, 0.3) is 5.57 Å². The first-order chi connectivity index (χ1) is 38.5. The number of sulfonamides is 1. The highest BCUT2D eigenvalue weighted by atomic mass is 35.5. The Morgan fingerprint density at radius 3 is 2.15 bits per heavy atom. The van der Waals surface area contributed by atoms with Gasteiger partial charge in [0.1, 0.15) is 10.7 Å². The number of nitrogens with zero attached hydrogens (tertiary/aromatic N) is 4. The molecule has 14 nitrogen and oxygen atoms in total. The van der Waals surface area contributed by atoms with Gasteiger partial charge in [0.05, 0.1) is 16.5 Å². The molecule has 3 N–H and O–H groups in total. The third-order valence-electron chi connectivity index (χ3n) is 15.6. The second kappa shape index (κ2) is 25.4. The number of carbonyl (C=O) groups excluding carboxylic acids is 3. The van der Waals surface area contributed by atoms with E-state index in [4.69, 9.17) is 11.6 Å². The zero-order chi connectivity index (χ0) is 57.7. The van der Waals surface area contributed by atoms with E-state index in [9.17, 15) is 44.4 Å². The van der Waals surface area contributed by atoms with E-state index < -0.39 is 70.4 Å². The fourth-order valence-electron chi connectivity index (χ4n) is 11.0. The number of alkyl halides is 3. The summed E-state index contributed by atoms with van der Waals surface area (Å²) in [5.74, 6) is -2.49. The SMILES string of the molecule is CC1(C)CCC(c2ccc(Cl)cc2)=C(CN2CCN(c3ccc(C(=O)NS(=O)(=O)c4ccc(N[C@H](CCN5CCN(Cc6cc(C7CCC(=O)NC7=O)ccc6F)CC5)CSc5ccccc5)c(S(=O)(=O)C(F)(F)F)c4)cc3)CC2)C1. The Morgan fingerprint density at radius 2 is 1.47 bits per heavy atom. The summed E-state index contributed by atoms with van der Waals surface area (Å²) >= 11 is 7.61. The van der Waals surface area contributed by atoms with Gasteiger partial charge in [-0.1, -0.05) is 73.5 Å². The number of halogens is 5. The van der Waals surface area contributed by atoms with Gasteiger partial charge < -0.3 is 15.1 Å². The number of allylic oxidation sites excluding steroid dienone is 1. The van der Waals surface area contributed by atoms with Crippen LogP contribution in [0.4, 0.5) is 28.9 Å². The summed E-state index contributed by atoms with van der Waals surface area (Å²) in [7, 11) is -11.1. The van der Waals surface area contributed by atoms with E-state index in [2.05, 4.69) is 56.2 Å². The number of anilines is 2. The molecular weight excluding hydrogens is 1130 g/mol. The van der Waals surface area contributed by atoms with Gasteiger partial charge in [0.25, 0.3) is 25.8 Å². The summed E-state index contributed by atoms with van der Waals surface area (Å²) in [4.78, 5) is 45.3. The number of carbonyl (C=O) groups is 3. The third-order valence-corrected chi connectivity index (χ3v) is 19.9. The van der Waals surface area contributed by atoms with E-state index in [1.807, 2.05) is 47.2 Å². The zero-order valence-electron chi connectivity index (χ0n) is 45.1. The Hall–Kier alpha value is -5.81. The van der Waals surface area contributed by atoms with Crippen LogP contribution < -0.4 is 20.3 Å². The van der Waals surface area contributed by atoms with Crippen molar-refractivity contribution in [2.75, 3.05) is 81.4 Å². The lowest BCUT2D eigenvalue weighted by Gasteiger charge is -2.39. The van der Waals surface area contributed by atoms with Crippen LogP contribution in [0.1, 0.15) is 85.3 Å². The van der Waals surface area contributed by atoms with Gasteiger partial charge in [0, 0.05) is 117 Å². The summed E-state index contributed by atoms with van der Waals surface area (Å²) in [6.45, 7) is 11.4. The van der Waals surface area contributed by atoms with Crippen LogP contribution in [0.5, 0.6) is 0 Å².